The number of ketones is 1. The normalized spacial score (nSPS) is 10.1. The van der Waals surface area contributed by atoms with Crippen molar-refractivity contribution in [2.24, 2.45) is 0 Å². The third-order valence-corrected chi connectivity index (χ3v) is 4.23. The summed E-state index contributed by atoms with van der Waals surface area (Å²) >= 11 is 0. The fourth-order valence-corrected chi connectivity index (χ4v) is 2.83. The minimum absolute atomic E-state index is 0.0204. The van der Waals surface area contributed by atoms with Crippen LogP contribution in [-0.2, 0) is 0 Å². The molecule has 0 aromatic heterocycles. The van der Waals surface area contributed by atoms with Gasteiger partial charge >= 0.3 is 0 Å². The maximum absolute atomic E-state index is 12.8. The zero-order valence-electron chi connectivity index (χ0n) is 14.7. The van der Waals surface area contributed by atoms with E-state index in [0.29, 0.717) is 16.7 Å². The third-order valence-electron chi connectivity index (χ3n) is 4.23. The Bertz CT molecular complexity index is 1110. The molecule has 7 heteroatoms. The van der Waals surface area contributed by atoms with Crippen LogP contribution in [0.5, 0.6) is 11.5 Å². The molecule has 0 fully saturated rings. The highest BCUT2D eigenvalue weighted by molar-refractivity contribution is 6.12. The van der Waals surface area contributed by atoms with Gasteiger partial charge in [0.2, 0.25) is 0 Å². The van der Waals surface area contributed by atoms with E-state index >= 15 is 0 Å². The average molecular weight is 374 g/mol. The Morgan fingerprint density at radius 1 is 1.14 bits per heavy atom. The molecular weight excluding hydrogens is 360 g/mol. The van der Waals surface area contributed by atoms with Crippen LogP contribution in [0, 0.1) is 21.4 Å². The topological polar surface area (TPSA) is 113 Å². The van der Waals surface area contributed by atoms with E-state index in [1.165, 1.54) is 61.7 Å². The highest BCUT2D eigenvalue weighted by Crippen LogP contribution is 2.41. The molecule has 138 valence electrons. The smallest absolute Gasteiger partial charge is 0.270 e. The monoisotopic (exact) mass is 374 g/mol. The van der Waals surface area contributed by atoms with Crippen molar-refractivity contribution in [3.63, 3.8) is 0 Å². The molecule has 0 heterocycles. The van der Waals surface area contributed by atoms with Gasteiger partial charge in [-0.25, -0.2) is 0 Å². The Morgan fingerprint density at radius 2 is 1.86 bits per heavy atom. The zero-order valence-corrected chi connectivity index (χ0v) is 14.7. The number of aromatic hydroxyl groups is 1. The maximum Gasteiger partial charge on any atom is 0.270 e. The molecule has 0 radical (unpaired) electrons. The lowest BCUT2D eigenvalue weighted by molar-refractivity contribution is -0.384. The molecule has 28 heavy (non-hydrogen) atoms. The van der Waals surface area contributed by atoms with E-state index in [1.54, 1.807) is 6.07 Å². The minimum Gasteiger partial charge on any atom is -0.506 e. The van der Waals surface area contributed by atoms with Gasteiger partial charge < -0.3 is 9.84 Å². The number of nitro groups is 1. The van der Waals surface area contributed by atoms with Gasteiger partial charge in [0, 0.05) is 17.7 Å². The first-order chi connectivity index (χ1) is 13.5. The van der Waals surface area contributed by atoms with Crippen LogP contribution in [0.3, 0.4) is 0 Å². The first-order valence-corrected chi connectivity index (χ1v) is 8.16. The Balaban J connectivity index is 2.14. The largest absolute Gasteiger partial charge is 0.506 e. The van der Waals surface area contributed by atoms with E-state index in [-0.39, 0.29) is 28.3 Å². The van der Waals surface area contributed by atoms with Crippen molar-refractivity contribution >= 4 is 11.5 Å². The van der Waals surface area contributed by atoms with Gasteiger partial charge in [0.1, 0.15) is 11.5 Å². The van der Waals surface area contributed by atoms with E-state index < -0.39 is 10.7 Å². The van der Waals surface area contributed by atoms with Crippen LogP contribution in [0.1, 0.15) is 21.5 Å². The second-order valence-corrected chi connectivity index (χ2v) is 5.86. The van der Waals surface area contributed by atoms with Gasteiger partial charge in [-0.2, -0.15) is 5.26 Å². The number of methoxy groups -OCH3 is 1. The van der Waals surface area contributed by atoms with Crippen molar-refractivity contribution in [3.05, 3.63) is 87.5 Å². The van der Waals surface area contributed by atoms with Crippen LogP contribution in [0.4, 0.5) is 5.69 Å². The summed E-state index contributed by atoms with van der Waals surface area (Å²) in [6.45, 7) is 0. The van der Waals surface area contributed by atoms with Crippen LogP contribution in [-0.4, -0.2) is 22.9 Å². The van der Waals surface area contributed by atoms with Crippen molar-refractivity contribution in [2.75, 3.05) is 7.11 Å². The number of carbonyl (C=O) groups excluding carboxylic acids is 1. The molecule has 0 spiro atoms. The zero-order chi connectivity index (χ0) is 20.3. The number of phenols is 1. The van der Waals surface area contributed by atoms with Gasteiger partial charge in [0.05, 0.1) is 34.8 Å². The lowest BCUT2D eigenvalue weighted by Crippen LogP contribution is -2.03. The third kappa shape index (κ3) is 3.39. The minimum atomic E-state index is -0.543. The fourth-order valence-electron chi connectivity index (χ4n) is 2.83. The summed E-state index contributed by atoms with van der Waals surface area (Å²) in [6, 6.07) is 16.6. The van der Waals surface area contributed by atoms with E-state index in [9.17, 15) is 20.0 Å². The summed E-state index contributed by atoms with van der Waals surface area (Å²) in [5.41, 5.74) is 1.11. The summed E-state index contributed by atoms with van der Waals surface area (Å²) in [6.07, 6.45) is 0. The highest BCUT2D eigenvalue weighted by Gasteiger charge is 2.22. The first-order valence-electron chi connectivity index (χ1n) is 8.16. The number of rotatable bonds is 5. The summed E-state index contributed by atoms with van der Waals surface area (Å²) in [7, 11) is 1.40. The molecule has 0 unspecified atom stereocenters. The highest BCUT2D eigenvalue weighted by atomic mass is 16.6. The molecule has 7 nitrogen and oxygen atoms in total. The van der Waals surface area contributed by atoms with Crippen LogP contribution >= 0.6 is 0 Å². The molecule has 0 saturated heterocycles. The Kier molecular flexibility index (Phi) is 5.05. The standard InChI is InChI=1S/C21H14N2O5/c1-28-18-10-9-17(20(24)14-7-5-13(12-22)6-8-14)21(25)19(18)15-3-2-4-16(11-15)23(26)27/h2-11,25H,1H3. The number of nitrogens with zero attached hydrogens (tertiary/aromatic N) is 2. The van der Waals surface area contributed by atoms with Crippen molar-refractivity contribution in [3.8, 4) is 28.7 Å². The van der Waals surface area contributed by atoms with Crippen molar-refractivity contribution in [1.29, 1.82) is 5.26 Å². The molecule has 3 aromatic carbocycles. The Morgan fingerprint density at radius 3 is 2.46 bits per heavy atom. The molecule has 3 aromatic rings. The summed E-state index contributed by atoms with van der Waals surface area (Å²) in [4.78, 5) is 23.4. The number of carbonyl (C=O) groups is 1. The average Bonchev–Trinajstić information content (AvgIpc) is 2.73. The summed E-state index contributed by atoms with van der Waals surface area (Å²) in [5, 5.41) is 30.7. The predicted molar refractivity (Wildman–Crippen MR) is 101 cm³/mol. The van der Waals surface area contributed by atoms with Crippen LogP contribution < -0.4 is 4.74 Å². The second kappa shape index (κ2) is 7.60. The number of nitro benzene ring substituents is 1. The van der Waals surface area contributed by atoms with Gasteiger partial charge in [0.15, 0.2) is 5.78 Å². The Hall–Kier alpha value is -4.18. The van der Waals surface area contributed by atoms with Gasteiger partial charge in [-0.3, -0.25) is 14.9 Å². The number of benzene rings is 3. The number of phenolic OH excluding ortho intramolecular Hbond substituents is 1. The molecule has 0 aliphatic rings. The molecule has 0 saturated carbocycles. The number of hydrogen-bond donors (Lipinski definition) is 1. The van der Waals surface area contributed by atoms with Gasteiger partial charge in [-0.05, 0) is 42.0 Å². The summed E-state index contributed by atoms with van der Waals surface area (Å²) in [5.74, 6) is -0.514. The molecule has 3 rings (SSSR count). The van der Waals surface area contributed by atoms with Gasteiger partial charge in [-0.1, -0.05) is 12.1 Å². The quantitative estimate of drug-likeness (QED) is 0.409. The maximum atomic E-state index is 12.8. The van der Waals surface area contributed by atoms with Gasteiger partial charge in [-0.15, -0.1) is 0 Å². The van der Waals surface area contributed by atoms with Crippen molar-refractivity contribution in [1.82, 2.24) is 0 Å². The van der Waals surface area contributed by atoms with Crippen molar-refractivity contribution in [2.45, 2.75) is 0 Å². The second-order valence-electron chi connectivity index (χ2n) is 5.86. The lowest BCUT2D eigenvalue weighted by atomic mass is 9.95. The van der Waals surface area contributed by atoms with E-state index in [2.05, 4.69) is 0 Å². The van der Waals surface area contributed by atoms with Gasteiger partial charge in [0.25, 0.3) is 5.69 Å². The number of hydrogen-bond acceptors (Lipinski definition) is 6. The van der Waals surface area contributed by atoms with E-state index in [0.717, 1.165) is 0 Å². The lowest BCUT2D eigenvalue weighted by Gasteiger charge is -2.14. The van der Waals surface area contributed by atoms with E-state index in [4.69, 9.17) is 10.00 Å². The van der Waals surface area contributed by atoms with Crippen LogP contribution in [0.15, 0.2) is 60.7 Å². The van der Waals surface area contributed by atoms with Crippen LogP contribution in [0.2, 0.25) is 0 Å². The number of ether oxygens (including phenoxy) is 1. The molecule has 0 aliphatic carbocycles. The molecular formula is C21H14N2O5. The number of non-ortho nitro benzene ring substituents is 1. The van der Waals surface area contributed by atoms with Crippen molar-refractivity contribution < 1.29 is 19.6 Å². The predicted octanol–water partition coefficient (Wildman–Crippen LogP) is 4.08. The molecule has 0 atom stereocenters. The fraction of sp³-hybridized carbons (Fsp3) is 0.0476. The molecule has 0 bridgehead atoms. The molecule has 0 amide bonds. The Labute approximate surface area is 160 Å². The SMILES string of the molecule is COc1ccc(C(=O)c2ccc(C#N)cc2)c(O)c1-c1cccc([N+](=O)[O-])c1. The number of nitriles is 1. The van der Waals surface area contributed by atoms with E-state index in [1.807, 2.05) is 6.07 Å². The summed E-state index contributed by atoms with van der Waals surface area (Å²) < 4.78 is 5.27. The molecule has 0 aliphatic heterocycles. The molecule has 1 N–H and O–H groups in total. The van der Waals surface area contributed by atoms with Crippen LogP contribution in [0.25, 0.3) is 11.1 Å². The first kappa shape index (κ1) is 18.6.